The molecule has 0 spiro atoms. The molecule has 1 aromatic rings. The highest BCUT2D eigenvalue weighted by Crippen LogP contribution is 2.13. The molecule has 0 heterocycles. The lowest BCUT2D eigenvalue weighted by Crippen LogP contribution is -2.41. The summed E-state index contributed by atoms with van der Waals surface area (Å²) in [5.74, 6) is -1.39. The zero-order valence-corrected chi connectivity index (χ0v) is 12.0. The number of hydrogen-bond acceptors (Lipinski definition) is 3. The van der Waals surface area contributed by atoms with Gasteiger partial charge in [0.2, 0.25) is 5.91 Å². The van der Waals surface area contributed by atoms with Crippen molar-refractivity contribution in [2.24, 2.45) is 0 Å². The van der Waals surface area contributed by atoms with Crippen LogP contribution in [0, 0.1) is 5.82 Å². The lowest BCUT2D eigenvalue weighted by atomic mass is 10.1. The Hall–Kier alpha value is -2.11. The number of hydrogen-bond donors (Lipinski definition) is 1. The summed E-state index contributed by atoms with van der Waals surface area (Å²) in [6, 6.07) is 3.87. The minimum atomic E-state index is -0.683. The van der Waals surface area contributed by atoms with E-state index in [9.17, 15) is 14.0 Å². The molecule has 2 amide bonds. The maximum absolute atomic E-state index is 13.7. The van der Waals surface area contributed by atoms with Gasteiger partial charge in [-0.15, -0.1) is 0 Å². The van der Waals surface area contributed by atoms with Gasteiger partial charge in [0.25, 0.3) is 5.91 Å². The number of rotatable bonds is 5. The van der Waals surface area contributed by atoms with Gasteiger partial charge in [0.15, 0.2) is 0 Å². The smallest absolute Gasteiger partial charge is 0.257 e. The van der Waals surface area contributed by atoms with Crippen molar-refractivity contribution in [1.82, 2.24) is 9.80 Å². The monoisotopic (exact) mass is 281 g/mol. The molecule has 1 aromatic carbocycles. The number of nitrogen functional groups attached to an aromatic ring is 1. The first-order chi connectivity index (χ1) is 9.40. The minimum Gasteiger partial charge on any atom is -0.399 e. The molecule has 0 atom stereocenters. The average Bonchev–Trinajstić information content (AvgIpc) is 2.39. The van der Waals surface area contributed by atoms with Gasteiger partial charge in [-0.2, -0.15) is 0 Å². The summed E-state index contributed by atoms with van der Waals surface area (Å²) in [5, 5.41) is 0. The second-order valence-electron chi connectivity index (χ2n) is 4.47. The Morgan fingerprint density at radius 1 is 1.25 bits per heavy atom. The Morgan fingerprint density at radius 3 is 2.35 bits per heavy atom. The predicted molar refractivity (Wildman–Crippen MR) is 75.7 cm³/mol. The molecule has 0 fully saturated rings. The van der Waals surface area contributed by atoms with Crippen molar-refractivity contribution in [1.29, 1.82) is 0 Å². The van der Waals surface area contributed by atoms with Crippen LogP contribution in [0.3, 0.4) is 0 Å². The van der Waals surface area contributed by atoms with Crippen LogP contribution in [-0.4, -0.2) is 48.3 Å². The molecule has 0 saturated carbocycles. The first-order valence-corrected chi connectivity index (χ1v) is 6.48. The standard InChI is InChI=1S/C14H20FN3O2/c1-4-18(5-2)13(19)9-17(3)14(20)11-7-6-10(16)8-12(11)15/h6-8H,4-5,9,16H2,1-3H3. The molecule has 0 aromatic heterocycles. The Kier molecular flexibility index (Phi) is 5.49. The molecular formula is C14H20FN3O2. The third kappa shape index (κ3) is 3.69. The normalized spacial score (nSPS) is 10.2. The fourth-order valence-electron chi connectivity index (χ4n) is 1.86. The molecule has 0 unspecified atom stereocenters. The molecular weight excluding hydrogens is 261 g/mol. The largest absolute Gasteiger partial charge is 0.399 e. The Morgan fingerprint density at radius 2 is 1.85 bits per heavy atom. The van der Waals surface area contributed by atoms with Gasteiger partial charge < -0.3 is 15.5 Å². The highest BCUT2D eigenvalue weighted by atomic mass is 19.1. The molecule has 5 nitrogen and oxygen atoms in total. The minimum absolute atomic E-state index is 0.0790. The Labute approximate surface area is 118 Å². The van der Waals surface area contributed by atoms with Crippen molar-refractivity contribution >= 4 is 17.5 Å². The summed E-state index contributed by atoms with van der Waals surface area (Å²) in [4.78, 5) is 26.8. The van der Waals surface area contributed by atoms with Gasteiger partial charge in [0.1, 0.15) is 5.82 Å². The fourth-order valence-corrected chi connectivity index (χ4v) is 1.86. The quantitative estimate of drug-likeness (QED) is 0.828. The maximum Gasteiger partial charge on any atom is 0.257 e. The van der Waals surface area contributed by atoms with Gasteiger partial charge in [-0.25, -0.2) is 4.39 Å². The van der Waals surface area contributed by atoms with Gasteiger partial charge in [-0.05, 0) is 32.0 Å². The first kappa shape index (κ1) is 15.9. The van der Waals surface area contributed by atoms with Crippen molar-refractivity contribution < 1.29 is 14.0 Å². The Balaban J connectivity index is 2.79. The van der Waals surface area contributed by atoms with E-state index in [4.69, 9.17) is 5.73 Å². The lowest BCUT2D eigenvalue weighted by molar-refractivity contribution is -0.131. The van der Waals surface area contributed by atoms with Crippen LogP contribution in [0.15, 0.2) is 18.2 Å². The number of likely N-dealkylation sites (N-methyl/N-ethyl adjacent to an activating group) is 2. The van der Waals surface area contributed by atoms with Crippen LogP contribution in [-0.2, 0) is 4.79 Å². The van der Waals surface area contributed by atoms with Crippen molar-refractivity contribution in [3.63, 3.8) is 0 Å². The van der Waals surface area contributed by atoms with E-state index in [-0.39, 0.29) is 23.7 Å². The number of anilines is 1. The lowest BCUT2D eigenvalue weighted by Gasteiger charge is -2.23. The molecule has 0 bridgehead atoms. The van der Waals surface area contributed by atoms with Crippen LogP contribution in [0.2, 0.25) is 0 Å². The van der Waals surface area contributed by atoms with Crippen LogP contribution < -0.4 is 5.73 Å². The van der Waals surface area contributed by atoms with Gasteiger partial charge in [0.05, 0.1) is 12.1 Å². The molecule has 2 N–H and O–H groups in total. The van der Waals surface area contributed by atoms with E-state index in [2.05, 4.69) is 0 Å². The van der Waals surface area contributed by atoms with Crippen LogP contribution in [0.1, 0.15) is 24.2 Å². The highest BCUT2D eigenvalue weighted by Gasteiger charge is 2.20. The van der Waals surface area contributed by atoms with E-state index in [1.165, 1.54) is 24.1 Å². The molecule has 0 radical (unpaired) electrons. The summed E-state index contributed by atoms with van der Waals surface area (Å²) in [5.41, 5.74) is 5.60. The summed E-state index contributed by atoms with van der Waals surface area (Å²) in [7, 11) is 1.47. The van der Waals surface area contributed by atoms with Gasteiger partial charge in [0, 0.05) is 25.8 Å². The summed E-state index contributed by atoms with van der Waals surface area (Å²) in [6.45, 7) is 4.80. The van der Waals surface area contributed by atoms with E-state index < -0.39 is 11.7 Å². The van der Waals surface area contributed by atoms with E-state index in [0.717, 1.165) is 6.07 Å². The first-order valence-electron chi connectivity index (χ1n) is 6.48. The zero-order valence-electron chi connectivity index (χ0n) is 12.0. The van der Waals surface area contributed by atoms with Crippen LogP contribution in [0.4, 0.5) is 10.1 Å². The number of carbonyl (C=O) groups excluding carboxylic acids is 2. The van der Waals surface area contributed by atoms with E-state index >= 15 is 0 Å². The topological polar surface area (TPSA) is 66.6 Å². The fraction of sp³-hybridized carbons (Fsp3) is 0.429. The van der Waals surface area contributed by atoms with E-state index in [0.29, 0.717) is 13.1 Å². The molecule has 110 valence electrons. The van der Waals surface area contributed by atoms with Crippen molar-refractivity contribution in [2.75, 3.05) is 32.4 Å². The van der Waals surface area contributed by atoms with Crippen molar-refractivity contribution in [3.05, 3.63) is 29.6 Å². The maximum atomic E-state index is 13.7. The second-order valence-corrected chi connectivity index (χ2v) is 4.47. The van der Waals surface area contributed by atoms with Gasteiger partial charge in [-0.3, -0.25) is 9.59 Å². The number of nitrogens with two attached hydrogens (primary N) is 1. The number of benzene rings is 1. The molecule has 6 heteroatoms. The summed E-state index contributed by atoms with van der Waals surface area (Å²) >= 11 is 0. The van der Waals surface area contributed by atoms with Crippen LogP contribution in [0.25, 0.3) is 0 Å². The van der Waals surface area contributed by atoms with Crippen molar-refractivity contribution in [2.45, 2.75) is 13.8 Å². The Bertz CT molecular complexity index is 501. The summed E-state index contributed by atoms with van der Waals surface area (Å²) in [6.07, 6.45) is 0. The zero-order chi connectivity index (χ0) is 15.3. The highest BCUT2D eigenvalue weighted by molar-refractivity contribution is 5.96. The van der Waals surface area contributed by atoms with Crippen molar-refractivity contribution in [3.8, 4) is 0 Å². The van der Waals surface area contributed by atoms with Gasteiger partial charge >= 0.3 is 0 Å². The number of amides is 2. The average molecular weight is 281 g/mol. The number of nitrogens with zero attached hydrogens (tertiary/aromatic N) is 2. The third-order valence-corrected chi connectivity index (χ3v) is 3.06. The van der Waals surface area contributed by atoms with E-state index in [1.54, 1.807) is 4.90 Å². The molecule has 0 aliphatic heterocycles. The SMILES string of the molecule is CCN(CC)C(=O)CN(C)C(=O)c1ccc(N)cc1F. The third-order valence-electron chi connectivity index (χ3n) is 3.06. The molecule has 0 aliphatic carbocycles. The molecule has 20 heavy (non-hydrogen) atoms. The summed E-state index contributed by atoms with van der Waals surface area (Å²) < 4.78 is 13.7. The molecule has 1 rings (SSSR count). The van der Waals surface area contributed by atoms with E-state index in [1.807, 2.05) is 13.8 Å². The predicted octanol–water partition coefficient (Wildman–Crippen LogP) is 1.35. The number of halogens is 1. The molecule has 0 aliphatic rings. The van der Waals surface area contributed by atoms with Crippen LogP contribution >= 0.6 is 0 Å². The molecule has 0 saturated heterocycles. The second kappa shape index (κ2) is 6.88. The number of carbonyl (C=O) groups is 2. The van der Waals surface area contributed by atoms with Crippen LogP contribution in [0.5, 0.6) is 0 Å². The van der Waals surface area contributed by atoms with Gasteiger partial charge in [-0.1, -0.05) is 0 Å².